The summed E-state index contributed by atoms with van der Waals surface area (Å²) in [5, 5.41) is 1.91. The second kappa shape index (κ2) is 8.27. The van der Waals surface area contributed by atoms with Crippen LogP contribution < -0.4 is 4.74 Å². The van der Waals surface area contributed by atoms with Gasteiger partial charge in [-0.25, -0.2) is 0 Å². The van der Waals surface area contributed by atoms with Gasteiger partial charge in [0.05, 0.1) is 11.4 Å². The Morgan fingerprint density at radius 1 is 1.08 bits per heavy atom. The van der Waals surface area contributed by atoms with Gasteiger partial charge >= 0.3 is 0 Å². The fraction of sp³-hybridized carbons (Fsp3) is 0.368. The number of para-hydroxylation sites is 1. The first-order valence-electron chi connectivity index (χ1n) is 8.43. The summed E-state index contributed by atoms with van der Waals surface area (Å²) in [5.74, 6) is 0.840. The molecule has 3 rings (SSSR count). The lowest BCUT2D eigenvalue weighted by atomic mass is 10.2. The summed E-state index contributed by atoms with van der Waals surface area (Å²) in [7, 11) is 0. The van der Waals surface area contributed by atoms with Crippen molar-refractivity contribution in [2.45, 2.75) is 13.0 Å². The maximum absolute atomic E-state index is 12.5. The van der Waals surface area contributed by atoms with Crippen molar-refractivity contribution in [2.24, 2.45) is 0 Å². The van der Waals surface area contributed by atoms with E-state index in [-0.39, 0.29) is 11.7 Å². The van der Waals surface area contributed by atoms with Crippen molar-refractivity contribution in [3.8, 4) is 5.75 Å². The highest BCUT2D eigenvalue weighted by Crippen LogP contribution is 2.14. The summed E-state index contributed by atoms with van der Waals surface area (Å²) in [5.41, 5.74) is 0. The molecule has 0 radical (unpaired) electrons. The van der Waals surface area contributed by atoms with Crippen LogP contribution in [0.2, 0.25) is 0 Å². The van der Waals surface area contributed by atoms with E-state index >= 15 is 0 Å². The Morgan fingerprint density at radius 2 is 1.80 bits per heavy atom. The lowest BCUT2D eigenvalue weighted by molar-refractivity contribution is -0.139. The molecule has 0 aliphatic carbocycles. The van der Waals surface area contributed by atoms with Gasteiger partial charge in [0, 0.05) is 26.2 Å². The van der Waals surface area contributed by atoms with Gasteiger partial charge in [0.2, 0.25) is 0 Å². The Kier molecular flexibility index (Phi) is 5.83. The number of benzene rings is 1. The maximum Gasteiger partial charge on any atom is 0.263 e. The number of thiophene rings is 1. The number of carbonyl (C=O) groups is 2. The molecule has 5 nitrogen and oxygen atoms in total. The highest BCUT2D eigenvalue weighted by atomic mass is 32.1. The molecule has 1 aliphatic rings. The van der Waals surface area contributed by atoms with E-state index in [9.17, 15) is 9.59 Å². The fourth-order valence-corrected chi connectivity index (χ4v) is 3.51. The smallest absolute Gasteiger partial charge is 0.263 e. The summed E-state index contributed by atoms with van der Waals surface area (Å²) < 4.78 is 5.71. The molecule has 1 aromatic carbocycles. The molecule has 25 heavy (non-hydrogen) atoms. The van der Waals surface area contributed by atoms with Crippen molar-refractivity contribution >= 4 is 23.0 Å². The molecular weight excluding hydrogens is 336 g/mol. The molecular formula is C19H22N2O3S. The lowest BCUT2D eigenvalue weighted by Gasteiger charge is -2.35. The Balaban J connectivity index is 1.46. The molecule has 1 saturated heterocycles. The van der Waals surface area contributed by atoms with E-state index in [1.165, 1.54) is 11.3 Å². The number of hydrogen-bond donors (Lipinski definition) is 0. The third kappa shape index (κ3) is 4.67. The SMILES string of the molecule is C[C@@H](Oc1ccccc1)C(=O)N1CCN(CC(=O)c2cccs2)CC1. The van der Waals surface area contributed by atoms with Crippen LogP contribution >= 0.6 is 11.3 Å². The van der Waals surface area contributed by atoms with Crippen molar-refractivity contribution in [3.63, 3.8) is 0 Å². The standard InChI is InChI=1S/C19H22N2O3S/c1-15(24-16-6-3-2-4-7-16)19(23)21-11-9-20(10-12-21)14-17(22)18-8-5-13-25-18/h2-8,13,15H,9-12,14H2,1H3/t15-/m1/s1. The van der Waals surface area contributed by atoms with Crippen LogP contribution in [0.3, 0.4) is 0 Å². The normalized spacial score (nSPS) is 16.4. The number of nitrogens with zero attached hydrogens (tertiary/aromatic N) is 2. The minimum atomic E-state index is -0.512. The molecule has 0 unspecified atom stereocenters. The molecule has 1 fully saturated rings. The van der Waals surface area contributed by atoms with Crippen LogP contribution in [0.25, 0.3) is 0 Å². The van der Waals surface area contributed by atoms with Gasteiger partial charge in [-0.3, -0.25) is 14.5 Å². The van der Waals surface area contributed by atoms with Gasteiger partial charge in [-0.15, -0.1) is 11.3 Å². The van der Waals surface area contributed by atoms with Crippen LogP contribution in [-0.2, 0) is 4.79 Å². The molecule has 0 N–H and O–H groups in total. The van der Waals surface area contributed by atoms with Gasteiger partial charge in [0.15, 0.2) is 11.9 Å². The van der Waals surface area contributed by atoms with E-state index in [1.54, 1.807) is 6.92 Å². The van der Waals surface area contributed by atoms with E-state index in [4.69, 9.17) is 4.74 Å². The van der Waals surface area contributed by atoms with Crippen LogP contribution in [0.5, 0.6) is 5.75 Å². The third-order valence-electron chi connectivity index (χ3n) is 4.25. The van der Waals surface area contributed by atoms with Gasteiger partial charge in [-0.05, 0) is 30.5 Å². The number of ketones is 1. The van der Waals surface area contributed by atoms with Gasteiger partial charge in [-0.2, -0.15) is 0 Å². The predicted octanol–water partition coefficient (Wildman–Crippen LogP) is 2.54. The number of hydrogen-bond acceptors (Lipinski definition) is 5. The highest BCUT2D eigenvalue weighted by Gasteiger charge is 2.27. The second-order valence-corrected chi connectivity index (χ2v) is 7.02. The fourth-order valence-electron chi connectivity index (χ4n) is 2.86. The number of Topliss-reactive ketones (excluding diaryl/α,β-unsaturated/α-hetero) is 1. The number of amides is 1. The average Bonchev–Trinajstić information content (AvgIpc) is 3.17. The van der Waals surface area contributed by atoms with Crippen molar-refractivity contribution < 1.29 is 14.3 Å². The summed E-state index contributed by atoms with van der Waals surface area (Å²) in [4.78, 5) is 29.4. The van der Waals surface area contributed by atoms with Gasteiger partial charge in [0.25, 0.3) is 5.91 Å². The van der Waals surface area contributed by atoms with E-state index in [1.807, 2.05) is 52.7 Å². The Bertz CT molecular complexity index is 695. The Morgan fingerprint density at radius 3 is 2.44 bits per heavy atom. The first-order chi connectivity index (χ1) is 12.1. The third-order valence-corrected chi connectivity index (χ3v) is 5.16. The highest BCUT2D eigenvalue weighted by molar-refractivity contribution is 7.12. The molecule has 2 aromatic rings. The Labute approximate surface area is 151 Å². The minimum absolute atomic E-state index is 0.00640. The van der Waals surface area contributed by atoms with Crippen LogP contribution in [-0.4, -0.2) is 60.3 Å². The quantitative estimate of drug-likeness (QED) is 0.745. The number of carbonyl (C=O) groups excluding carboxylic acids is 2. The first-order valence-corrected chi connectivity index (χ1v) is 9.31. The van der Waals surface area contributed by atoms with Crippen LogP contribution in [0.15, 0.2) is 47.8 Å². The van der Waals surface area contributed by atoms with Crippen molar-refractivity contribution in [3.05, 3.63) is 52.7 Å². The van der Waals surface area contributed by atoms with Crippen LogP contribution in [0.1, 0.15) is 16.6 Å². The molecule has 6 heteroatoms. The molecule has 0 spiro atoms. The monoisotopic (exact) mass is 358 g/mol. The lowest BCUT2D eigenvalue weighted by Crippen LogP contribution is -2.52. The van der Waals surface area contributed by atoms with Gasteiger partial charge in [-0.1, -0.05) is 24.3 Å². The molecule has 0 bridgehead atoms. The average molecular weight is 358 g/mol. The van der Waals surface area contributed by atoms with Crippen molar-refractivity contribution in [1.29, 1.82) is 0 Å². The van der Waals surface area contributed by atoms with Crippen molar-refractivity contribution in [2.75, 3.05) is 32.7 Å². The zero-order valence-electron chi connectivity index (χ0n) is 14.3. The van der Waals surface area contributed by atoms with Crippen molar-refractivity contribution in [1.82, 2.24) is 9.80 Å². The summed E-state index contributed by atoms with van der Waals surface area (Å²) in [6.07, 6.45) is -0.512. The molecule has 1 atom stereocenters. The number of rotatable bonds is 6. The van der Waals surface area contributed by atoms with Crippen LogP contribution in [0, 0.1) is 0 Å². The van der Waals surface area contributed by atoms with E-state index < -0.39 is 6.10 Å². The van der Waals surface area contributed by atoms with Gasteiger partial charge in [0.1, 0.15) is 5.75 Å². The zero-order chi connectivity index (χ0) is 17.6. The second-order valence-electron chi connectivity index (χ2n) is 6.08. The molecule has 1 aromatic heterocycles. The largest absolute Gasteiger partial charge is 0.481 e. The molecule has 132 valence electrons. The summed E-state index contributed by atoms with van der Waals surface area (Å²) in [6, 6.07) is 13.1. The first kappa shape index (κ1) is 17.6. The maximum atomic E-state index is 12.5. The molecule has 2 heterocycles. The van der Waals surface area contributed by atoms with E-state index in [0.717, 1.165) is 4.88 Å². The predicted molar refractivity (Wildman–Crippen MR) is 98.2 cm³/mol. The molecule has 1 aliphatic heterocycles. The zero-order valence-corrected chi connectivity index (χ0v) is 15.1. The topological polar surface area (TPSA) is 49.9 Å². The van der Waals surface area contributed by atoms with Gasteiger partial charge < -0.3 is 9.64 Å². The van der Waals surface area contributed by atoms with Crippen LogP contribution in [0.4, 0.5) is 0 Å². The van der Waals surface area contributed by atoms with E-state index in [0.29, 0.717) is 38.5 Å². The Hall–Kier alpha value is -2.18. The molecule has 0 saturated carbocycles. The number of piperazine rings is 1. The summed E-state index contributed by atoms with van der Waals surface area (Å²) in [6.45, 7) is 4.86. The molecule has 1 amide bonds. The minimum Gasteiger partial charge on any atom is -0.481 e. The summed E-state index contributed by atoms with van der Waals surface area (Å²) >= 11 is 1.47. The van der Waals surface area contributed by atoms with E-state index in [2.05, 4.69) is 4.90 Å². The number of ether oxygens (including phenoxy) is 1.